The molecule has 0 saturated carbocycles. The summed E-state index contributed by atoms with van der Waals surface area (Å²) in [4.78, 5) is 0.304. The first kappa shape index (κ1) is 15.3. The van der Waals surface area contributed by atoms with Gasteiger partial charge in [-0.15, -0.1) is 0 Å². The molecule has 1 aromatic rings. The lowest BCUT2D eigenvalue weighted by Crippen LogP contribution is -2.38. The number of hydrogen-bond acceptors (Lipinski definition) is 4. The first-order valence-electron chi connectivity index (χ1n) is 7.07. The van der Waals surface area contributed by atoms with Crippen LogP contribution in [0.2, 0.25) is 0 Å². The lowest BCUT2D eigenvalue weighted by atomic mass is 10.1. The molecule has 112 valence electrons. The molecule has 1 aliphatic heterocycles. The monoisotopic (exact) mass is 297 g/mol. The van der Waals surface area contributed by atoms with Gasteiger partial charge in [-0.05, 0) is 57.5 Å². The van der Waals surface area contributed by atoms with Gasteiger partial charge in [0.2, 0.25) is 10.0 Å². The number of hydrogen-bond donors (Lipinski definition) is 3. The molecule has 0 amide bonds. The molecule has 1 fully saturated rings. The topological polar surface area (TPSA) is 70.2 Å². The van der Waals surface area contributed by atoms with Crippen molar-refractivity contribution in [2.45, 2.75) is 43.7 Å². The maximum absolute atomic E-state index is 12.0. The molecule has 1 unspecified atom stereocenters. The summed E-state index contributed by atoms with van der Waals surface area (Å²) in [6.45, 7) is 5.65. The Bertz CT molecular complexity index is 520. The van der Waals surface area contributed by atoms with Crippen LogP contribution in [-0.4, -0.2) is 33.6 Å². The van der Waals surface area contributed by atoms with Crippen molar-refractivity contribution < 1.29 is 8.42 Å². The van der Waals surface area contributed by atoms with Gasteiger partial charge in [-0.2, -0.15) is 0 Å². The van der Waals surface area contributed by atoms with Gasteiger partial charge in [0.25, 0.3) is 0 Å². The fraction of sp³-hybridized carbons (Fsp3) is 0.571. The van der Waals surface area contributed by atoms with Crippen LogP contribution in [0.4, 0.5) is 5.69 Å². The smallest absolute Gasteiger partial charge is 0.240 e. The van der Waals surface area contributed by atoms with Gasteiger partial charge in [-0.3, -0.25) is 0 Å². The van der Waals surface area contributed by atoms with Crippen LogP contribution in [0, 0.1) is 0 Å². The van der Waals surface area contributed by atoms with Crippen molar-refractivity contribution in [2.24, 2.45) is 0 Å². The van der Waals surface area contributed by atoms with Crippen LogP contribution in [-0.2, 0) is 10.0 Å². The average Bonchev–Trinajstić information content (AvgIpc) is 2.39. The van der Waals surface area contributed by atoms with E-state index in [9.17, 15) is 8.42 Å². The Labute approximate surface area is 121 Å². The van der Waals surface area contributed by atoms with E-state index >= 15 is 0 Å². The Morgan fingerprint density at radius 3 is 2.50 bits per heavy atom. The zero-order valence-corrected chi connectivity index (χ0v) is 12.8. The highest BCUT2D eigenvalue weighted by molar-refractivity contribution is 7.89. The molecule has 1 heterocycles. The largest absolute Gasteiger partial charge is 0.381 e. The third-order valence-electron chi connectivity index (χ3n) is 3.22. The van der Waals surface area contributed by atoms with Gasteiger partial charge in [-0.25, -0.2) is 13.1 Å². The van der Waals surface area contributed by atoms with Gasteiger partial charge in [0.1, 0.15) is 0 Å². The van der Waals surface area contributed by atoms with E-state index < -0.39 is 10.0 Å². The van der Waals surface area contributed by atoms with Crippen molar-refractivity contribution in [1.29, 1.82) is 0 Å². The predicted molar refractivity (Wildman–Crippen MR) is 81.4 cm³/mol. The van der Waals surface area contributed by atoms with Crippen molar-refractivity contribution in [3.63, 3.8) is 0 Å². The normalized spacial score (nSPS) is 20.1. The van der Waals surface area contributed by atoms with Gasteiger partial charge >= 0.3 is 0 Å². The van der Waals surface area contributed by atoms with E-state index in [1.165, 1.54) is 6.42 Å². The molecule has 6 heteroatoms. The first-order valence-corrected chi connectivity index (χ1v) is 8.55. The summed E-state index contributed by atoms with van der Waals surface area (Å²) >= 11 is 0. The zero-order chi connectivity index (χ0) is 14.6. The van der Waals surface area contributed by atoms with Crippen molar-refractivity contribution in [1.82, 2.24) is 10.0 Å². The van der Waals surface area contributed by atoms with Gasteiger partial charge < -0.3 is 10.6 Å². The molecule has 1 aliphatic rings. The van der Waals surface area contributed by atoms with Gasteiger partial charge in [0.15, 0.2) is 0 Å². The number of rotatable bonds is 5. The summed E-state index contributed by atoms with van der Waals surface area (Å²) in [5.74, 6) is 0. The highest BCUT2D eigenvalue weighted by Gasteiger charge is 2.16. The summed E-state index contributed by atoms with van der Waals surface area (Å²) in [6, 6.07) is 7.24. The van der Waals surface area contributed by atoms with E-state index in [1.807, 2.05) is 26.0 Å². The molecule has 1 aromatic carbocycles. The number of anilines is 1. The maximum atomic E-state index is 12.0. The third kappa shape index (κ3) is 4.19. The number of sulfonamides is 1. The molecule has 0 spiro atoms. The molecule has 1 saturated heterocycles. The second-order valence-corrected chi connectivity index (χ2v) is 7.20. The Hall–Kier alpha value is -1.11. The molecule has 0 aromatic heterocycles. The van der Waals surface area contributed by atoms with Crippen LogP contribution in [0.25, 0.3) is 0 Å². The summed E-state index contributed by atoms with van der Waals surface area (Å²) < 4.78 is 26.6. The minimum Gasteiger partial charge on any atom is -0.381 e. The lowest BCUT2D eigenvalue weighted by Gasteiger charge is -2.24. The zero-order valence-electron chi connectivity index (χ0n) is 12.0. The Morgan fingerprint density at radius 2 is 1.95 bits per heavy atom. The molecule has 0 bridgehead atoms. The minimum absolute atomic E-state index is 0.105. The fourth-order valence-electron chi connectivity index (χ4n) is 2.32. The van der Waals surface area contributed by atoms with Crippen molar-refractivity contribution in [2.75, 3.05) is 18.4 Å². The first-order chi connectivity index (χ1) is 9.47. The molecule has 2 rings (SSSR count). The predicted octanol–water partition coefficient (Wildman–Crippen LogP) is 1.54. The number of nitrogens with one attached hydrogen (secondary N) is 3. The molecular weight excluding hydrogens is 274 g/mol. The van der Waals surface area contributed by atoms with E-state index in [0.29, 0.717) is 10.9 Å². The highest BCUT2D eigenvalue weighted by atomic mass is 32.2. The van der Waals surface area contributed by atoms with Crippen LogP contribution in [0.3, 0.4) is 0 Å². The SMILES string of the molecule is CC(C)NS(=O)(=O)c1ccc(NC2CCCNC2)cc1. The van der Waals surface area contributed by atoms with Crippen molar-refractivity contribution >= 4 is 15.7 Å². The van der Waals surface area contributed by atoms with Crippen molar-refractivity contribution in [3.05, 3.63) is 24.3 Å². The molecule has 20 heavy (non-hydrogen) atoms. The van der Waals surface area contributed by atoms with E-state index in [0.717, 1.165) is 25.2 Å². The summed E-state index contributed by atoms with van der Waals surface area (Å²) in [7, 11) is -3.40. The van der Waals surface area contributed by atoms with E-state index in [4.69, 9.17) is 0 Å². The minimum atomic E-state index is -3.40. The number of benzene rings is 1. The standard InChI is InChI=1S/C14H23N3O2S/c1-11(2)17-20(18,19)14-7-5-12(6-8-14)16-13-4-3-9-15-10-13/h5-8,11,13,15-17H,3-4,9-10H2,1-2H3. The fourth-order valence-corrected chi connectivity index (χ4v) is 3.57. The van der Waals surface area contributed by atoms with Crippen LogP contribution >= 0.6 is 0 Å². The van der Waals surface area contributed by atoms with Gasteiger partial charge in [0, 0.05) is 24.3 Å². The van der Waals surface area contributed by atoms with Crippen LogP contribution in [0.15, 0.2) is 29.2 Å². The molecule has 0 radical (unpaired) electrons. The Balaban J connectivity index is 2.02. The third-order valence-corrected chi connectivity index (χ3v) is 4.90. The van der Waals surface area contributed by atoms with Crippen LogP contribution in [0.1, 0.15) is 26.7 Å². The molecular formula is C14H23N3O2S. The number of piperidine rings is 1. The molecule has 1 atom stereocenters. The van der Waals surface area contributed by atoms with Crippen LogP contribution in [0.5, 0.6) is 0 Å². The van der Waals surface area contributed by atoms with Crippen LogP contribution < -0.4 is 15.4 Å². The summed E-state index contributed by atoms with van der Waals surface area (Å²) in [5.41, 5.74) is 0.960. The summed E-state index contributed by atoms with van der Waals surface area (Å²) in [5, 5.41) is 6.77. The summed E-state index contributed by atoms with van der Waals surface area (Å²) in [6.07, 6.45) is 2.31. The Kier molecular flexibility index (Phi) is 5.01. The lowest BCUT2D eigenvalue weighted by molar-refractivity contribution is 0.480. The maximum Gasteiger partial charge on any atom is 0.240 e. The molecule has 0 aliphatic carbocycles. The van der Waals surface area contributed by atoms with E-state index in [2.05, 4.69) is 15.4 Å². The van der Waals surface area contributed by atoms with Crippen molar-refractivity contribution in [3.8, 4) is 0 Å². The van der Waals surface area contributed by atoms with Gasteiger partial charge in [-0.1, -0.05) is 0 Å². The highest BCUT2D eigenvalue weighted by Crippen LogP contribution is 2.16. The van der Waals surface area contributed by atoms with E-state index in [1.54, 1.807) is 12.1 Å². The van der Waals surface area contributed by atoms with Gasteiger partial charge in [0.05, 0.1) is 4.90 Å². The Morgan fingerprint density at radius 1 is 1.25 bits per heavy atom. The van der Waals surface area contributed by atoms with E-state index in [-0.39, 0.29) is 6.04 Å². The molecule has 5 nitrogen and oxygen atoms in total. The quantitative estimate of drug-likeness (QED) is 0.771. The second-order valence-electron chi connectivity index (χ2n) is 5.49. The average molecular weight is 297 g/mol. The second kappa shape index (κ2) is 6.56. The molecule has 3 N–H and O–H groups in total.